The summed E-state index contributed by atoms with van der Waals surface area (Å²) in [5.74, 6) is -0.387. The lowest BCUT2D eigenvalue weighted by molar-refractivity contribution is -0.146. The van der Waals surface area contributed by atoms with Crippen LogP contribution in [0.15, 0.2) is 48.5 Å². The Labute approximate surface area is 163 Å². The second kappa shape index (κ2) is 8.31. The van der Waals surface area contributed by atoms with Gasteiger partial charge in [0.15, 0.2) is 0 Å². The van der Waals surface area contributed by atoms with Gasteiger partial charge in [0.05, 0.1) is 26.7 Å². The van der Waals surface area contributed by atoms with Crippen LogP contribution in [-0.4, -0.2) is 37.9 Å². The molecule has 2 aromatic rings. The van der Waals surface area contributed by atoms with Crippen LogP contribution in [0, 0.1) is 5.92 Å². The fraction of sp³-hybridized carbons (Fsp3) is 0.333. The Hall–Kier alpha value is -3.06. The highest BCUT2D eigenvalue weighted by molar-refractivity contribution is 5.97. The zero-order valence-corrected chi connectivity index (χ0v) is 15.8. The summed E-state index contributed by atoms with van der Waals surface area (Å²) in [5.41, 5.74) is 2.25. The van der Waals surface area contributed by atoms with Crippen LogP contribution in [0.4, 0.5) is 0 Å². The van der Waals surface area contributed by atoms with Crippen molar-refractivity contribution in [2.75, 3.05) is 20.8 Å². The van der Waals surface area contributed by atoms with Gasteiger partial charge in [-0.3, -0.25) is 14.8 Å². The van der Waals surface area contributed by atoms with Gasteiger partial charge in [0.1, 0.15) is 16.9 Å². The number of amides is 1. The minimum Gasteiger partial charge on any atom is -0.497 e. The smallest absolute Gasteiger partial charge is 0.317 e. The van der Waals surface area contributed by atoms with E-state index in [0.717, 1.165) is 11.3 Å². The van der Waals surface area contributed by atoms with E-state index in [9.17, 15) is 9.59 Å². The van der Waals surface area contributed by atoms with Gasteiger partial charge in [0, 0.05) is 6.42 Å². The normalized spacial score (nSPS) is 20.2. The minimum atomic E-state index is -1.09. The van der Waals surface area contributed by atoms with Crippen molar-refractivity contribution in [1.82, 2.24) is 5.48 Å². The second-order valence-electron chi connectivity index (χ2n) is 6.67. The van der Waals surface area contributed by atoms with Gasteiger partial charge in [-0.05, 0) is 41.8 Å². The molecule has 1 aliphatic rings. The molecule has 7 heteroatoms. The Morgan fingerprint density at radius 3 is 2.61 bits per heavy atom. The van der Waals surface area contributed by atoms with E-state index in [1.807, 2.05) is 24.3 Å². The number of carbonyl (C=O) groups excluding carboxylic acids is 2. The van der Waals surface area contributed by atoms with Gasteiger partial charge in [0.2, 0.25) is 5.91 Å². The first-order chi connectivity index (χ1) is 13.5. The summed E-state index contributed by atoms with van der Waals surface area (Å²) < 4.78 is 16.0. The fourth-order valence-electron chi connectivity index (χ4n) is 3.48. The zero-order chi connectivity index (χ0) is 20.1. The van der Waals surface area contributed by atoms with Gasteiger partial charge < -0.3 is 14.2 Å². The average molecular weight is 385 g/mol. The van der Waals surface area contributed by atoms with Crippen LogP contribution in [-0.2, 0) is 26.2 Å². The molecule has 2 N–H and O–H groups in total. The van der Waals surface area contributed by atoms with E-state index >= 15 is 0 Å². The molecule has 7 nitrogen and oxygen atoms in total. The molecule has 148 valence electrons. The van der Waals surface area contributed by atoms with Crippen molar-refractivity contribution in [2.45, 2.75) is 18.3 Å². The largest absolute Gasteiger partial charge is 0.497 e. The number of methoxy groups -OCH3 is 2. The number of nitrogens with one attached hydrogen (secondary N) is 1. The number of rotatable bonds is 8. The molecule has 0 radical (unpaired) electrons. The molecule has 2 atom stereocenters. The highest BCUT2D eigenvalue weighted by Gasteiger charge is 2.65. The van der Waals surface area contributed by atoms with Crippen LogP contribution in [0.1, 0.15) is 17.5 Å². The number of hydrogen-bond acceptors (Lipinski definition) is 6. The Kier molecular flexibility index (Phi) is 5.84. The van der Waals surface area contributed by atoms with Crippen LogP contribution in [0.25, 0.3) is 0 Å². The highest BCUT2D eigenvalue weighted by Crippen LogP contribution is 2.55. The summed E-state index contributed by atoms with van der Waals surface area (Å²) in [5, 5.41) is 8.91. The van der Waals surface area contributed by atoms with Gasteiger partial charge >= 0.3 is 5.97 Å². The van der Waals surface area contributed by atoms with Crippen LogP contribution in [0.3, 0.4) is 0 Å². The first-order valence-electron chi connectivity index (χ1n) is 8.93. The average Bonchev–Trinajstić information content (AvgIpc) is 3.50. The number of benzene rings is 2. The lowest BCUT2D eigenvalue weighted by atomic mass is 9.92. The van der Waals surface area contributed by atoms with E-state index in [-0.39, 0.29) is 6.42 Å². The van der Waals surface area contributed by atoms with E-state index in [1.54, 1.807) is 36.9 Å². The number of esters is 1. The van der Waals surface area contributed by atoms with E-state index in [4.69, 9.17) is 19.4 Å². The van der Waals surface area contributed by atoms with Gasteiger partial charge in [-0.15, -0.1) is 0 Å². The second-order valence-corrected chi connectivity index (χ2v) is 6.67. The maximum absolute atomic E-state index is 12.4. The standard InChI is InChI=1S/C21H23NO6/c1-26-16-7-3-5-14(11-16)9-10-28-17-8-4-6-15(12-17)21(20(24)27-2)13-18(21)19(23)22-25/h3-8,11-12,18,25H,9-10,13H2,1-2H3,(H,22,23)/t18-,21-/m0/s1. The zero-order valence-electron chi connectivity index (χ0n) is 15.8. The Morgan fingerprint density at radius 2 is 1.89 bits per heavy atom. The van der Waals surface area contributed by atoms with E-state index in [2.05, 4.69) is 0 Å². The Balaban J connectivity index is 1.71. The number of ether oxygens (including phenoxy) is 3. The Bertz CT molecular complexity index is 867. The van der Waals surface area contributed by atoms with Gasteiger partial charge in [-0.1, -0.05) is 24.3 Å². The molecule has 1 saturated carbocycles. The van der Waals surface area contributed by atoms with Crippen LogP contribution in [0.5, 0.6) is 11.5 Å². The third-order valence-electron chi connectivity index (χ3n) is 5.08. The van der Waals surface area contributed by atoms with Crippen LogP contribution < -0.4 is 15.0 Å². The monoisotopic (exact) mass is 385 g/mol. The molecule has 3 rings (SSSR count). The van der Waals surface area contributed by atoms with E-state index in [1.165, 1.54) is 7.11 Å². The first kappa shape index (κ1) is 19.7. The summed E-state index contributed by atoms with van der Waals surface area (Å²) in [6, 6.07) is 14.8. The summed E-state index contributed by atoms with van der Waals surface area (Å²) in [6.45, 7) is 0.447. The topological polar surface area (TPSA) is 94.1 Å². The number of hydroxylamine groups is 1. The van der Waals surface area contributed by atoms with E-state index in [0.29, 0.717) is 24.3 Å². The molecule has 1 fully saturated rings. The lowest BCUT2D eigenvalue weighted by Gasteiger charge is -2.16. The fourth-order valence-corrected chi connectivity index (χ4v) is 3.48. The number of carbonyl (C=O) groups is 2. The van der Waals surface area contributed by atoms with Crippen molar-refractivity contribution in [2.24, 2.45) is 5.92 Å². The molecule has 0 heterocycles. The van der Waals surface area contributed by atoms with Crippen LogP contribution >= 0.6 is 0 Å². The summed E-state index contributed by atoms with van der Waals surface area (Å²) in [7, 11) is 2.91. The highest BCUT2D eigenvalue weighted by atomic mass is 16.5. The third kappa shape index (κ3) is 3.80. The van der Waals surface area contributed by atoms with Crippen molar-refractivity contribution in [3.63, 3.8) is 0 Å². The molecule has 0 spiro atoms. The molecule has 1 amide bonds. The molecule has 0 aromatic heterocycles. The van der Waals surface area contributed by atoms with E-state index < -0.39 is 23.2 Å². The maximum atomic E-state index is 12.4. The quantitative estimate of drug-likeness (QED) is 0.411. The molecule has 0 aliphatic heterocycles. The summed E-state index contributed by atoms with van der Waals surface area (Å²) in [6.07, 6.45) is 0.971. The minimum absolute atomic E-state index is 0.277. The van der Waals surface area contributed by atoms with Gasteiger partial charge in [0.25, 0.3) is 0 Å². The predicted molar refractivity (Wildman–Crippen MR) is 100 cm³/mol. The first-order valence-corrected chi connectivity index (χ1v) is 8.93. The molecular formula is C21H23NO6. The third-order valence-corrected chi connectivity index (χ3v) is 5.08. The lowest BCUT2D eigenvalue weighted by Crippen LogP contribution is -2.31. The van der Waals surface area contributed by atoms with Gasteiger partial charge in [-0.25, -0.2) is 5.48 Å². The molecular weight excluding hydrogens is 362 g/mol. The SMILES string of the molecule is COC(=O)[C@]1(c2cccc(OCCc3cccc(OC)c3)c2)C[C@H]1C(=O)NO. The molecule has 0 saturated heterocycles. The molecule has 0 bridgehead atoms. The maximum Gasteiger partial charge on any atom is 0.317 e. The van der Waals surface area contributed by atoms with Crippen molar-refractivity contribution < 1.29 is 29.0 Å². The molecule has 28 heavy (non-hydrogen) atoms. The van der Waals surface area contributed by atoms with Crippen molar-refractivity contribution in [1.29, 1.82) is 0 Å². The molecule has 0 unspecified atom stereocenters. The van der Waals surface area contributed by atoms with Crippen molar-refractivity contribution in [3.8, 4) is 11.5 Å². The van der Waals surface area contributed by atoms with Crippen molar-refractivity contribution in [3.05, 3.63) is 59.7 Å². The summed E-state index contributed by atoms with van der Waals surface area (Å²) >= 11 is 0. The molecule has 1 aliphatic carbocycles. The molecule has 2 aromatic carbocycles. The van der Waals surface area contributed by atoms with Crippen molar-refractivity contribution >= 4 is 11.9 Å². The van der Waals surface area contributed by atoms with Gasteiger partial charge in [-0.2, -0.15) is 0 Å². The summed E-state index contributed by atoms with van der Waals surface area (Å²) in [4.78, 5) is 24.2. The predicted octanol–water partition coefficient (Wildman–Crippen LogP) is 2.25. The number of hydrogen-bond donors (Lipinski definition) is 2. The van der Waals surface area contributed by atoms with Crippen LogP contribution in [0.2, 0.25) is 0 Å². The Morgan fingerprint density at radius 1 is 1.14 bits per heavy atom.